The zero-order chi connectivity index (χ0) is 13.5. The van der Waals surface area contributed by atoms with Gasteiger partial charge in [0, 0.05) is 12.8 Å². The van der Waals surface area contributed by atoms with E-state index in [1.165, 1.54) is 5.01 Å². The van der Waals surface area contributed by atoms with Crippen LogP contribution in [0.1, 0.15) is 32.6 Å². The smallest absolute Gasteiger partial charge is 0.259 e. The fraction of sp³-hybridized carbons (Fsp3) is 0.400. The second kappa shape index (κ2) is 4.30. The molecule has 0 radical (unpaired) electrons. The van der Waals surface area contributed by atoms with Crippen LogP contribution in [0.3, 0.4) is 0 Å². The van der Waals surface area contributed by atoms with Crippen molar-refractivity contribution >= 4 is 23.1 Å². The van der Waals surface area contributed by atoms with E-state index >= 15 is 0 Å². The summed E-state index contributed by atoms with van der Waals surface area (Å²) in [6, 6.07) is 9.45. The van der Waals surface area contributed by atoms with Gasteiger partial charge in [0.1, 0.15) is 5.78 Å². The van der Waals surface area contributed by atoms with Crippen molar-refractivity contribution in [3.8, 4) is 0 Å². The molecule has 1 aromatic carbocycles. The van der Waals surface area contributed by atoms with E-state index in [-0.39, 0.29) is 11.7 Å². The lowest BCUT2D eigenvalue weighted by molar-refractivity contribution is -0.128. The van der Waals surface area contributed by atoms with Gasteiger partial charge in [0.05, 0.1) is 16.8 Å². The number of hydrogen-bond acceptors (Lipinski definition) is 3. The van der Waals surface area contributed by atoms with Gasteiger partial charge in [-0.1, -0.05) is 18.2 Å². The van der Waals surface area contributed by atoms with Gasteiger partial charge in [0.25, 0.3) is 5.91 Å². The number of hydrogen-bond donors (Lipinski definition) is 0. The summed E-state index contributed by atoms with van der Waals surface area (Å²) in [5.41, 5.74) is 1.10. The fourth-order valence-corrected chi connectivity index (χ4v) is 2.92. The third-order valence-electron chi connectivity index (χ3n) is 4.21. The first-order valence-electron chi connectivity index (χ1n) is 6.60. The molecule has 19 heavy (non-hydrogen) atoms. The molecular formula is C15H16N2O2. The molecule has 4 nitrogen and oxygen atoms in total. The summed E-state index contributed by atoms with van der Waals surface area (Å²) in [7, 11) is 0. The van der Waals surface area contributed by atoms with Crippen LogP contribution in [0.5, 0.6) is 0 Å². The molecule has 0 aromatic heterocycles. The first kappa shape index (κ1) is 12.1. The van der Waals surface area contributed by atoms with Crippen molar-refractivity contribution in [2.75, 3.05) is 5.01 Å². The number of rotatable bonds is 1. The highest BCUT2D eigenvalue weighted by Gasteiger charge is 2.50. The van der Waals surface area contributed by atoms with Crippen LogP contribution >= 0.6 is 0 Å². The van der Waals surface area contributed by atoms with Crippen LogP contribution in [0, 0.1) is 5.41 Å². The molecule has 1 amide bonds. The molecule has 0 unspecified atom stereocenters. The first-order chi connectivity index (χ1) is 9.13. The second-order valence-corrected chi connectivity index (χ2v) is 5.26. The van der Waals surface area contributed by atoms with Crippen LogP contribution < -0.4 is 5.01 Å². The van der Waals surface area contributed by atoms with Crippen molar-refractivity contribution in [2.45, 2.75) is 32.6 Å². The Morgan fingerprint density at radius 2 is 1.74 bits per heavy atom. The first-order valence-corrected chi connectivity index (χ1v) is 6.60. The number of benzene rings is 1. The van der Waals surface area contributed by atoms with Crippen LogP contribution in [-0.2, 0) is 9.59 Å². The highest BCUT2D eigenvalue weighted by atomic mass is 16.2. The Kier molecular flexibility index (Phi) is 2.73. The molecule has 0 bridgehead atoms. The molecule has 2 aliphatic rings. The molecule has 1 spiro atoms. The van der Waals surface area contributed by atoms with Gasteiger partial charge < -0.3 is 0 Å². The fourth-order valence-electron chi connectivity index (χ4n) is 2.92. The Labute approximate surface area is 112 Å². The van der Waals surface area contributed by atoms with Gasteiger partial charge >= 0.3 is 0 Å². The topological polar surface area (TPSA) is 49.7 Å². The number of amides is 1. The molecule has 0 saturated heterocycles. The average molecular weight is 256 g/mol. The molecule has 4 heteroatoms. The SMILES string of the molecule is CC1=NN(c2ccccc2)C(=O)C12CCC(=O)CC2. The number of anilines is 1. The molecule has 1 heterocycles. The minimum absolute atomic E-state index is 0.0173. The lowest BCUT2D eigenvalue weighted by atomic mass is 9.70. The summed E-state index contributed by atoms with van der Waals surface area (Å²) in [6.07, 6.45) is 2.18. The Morgan fingerprint density at radius 3 is 2.37 bits per heavy atom. The lowest BCUT2D eigenvalue weighted by Gasteiger charge is -2.31. The number of carbonyl (C=O) groups excluding carboxylic acids is 2. The van der Waals surface area contributed by atoms with E-state index in [2.05, 4.69) is 5.10 Å². The standard InChI is InChI=1S/C15H16N2O2/c1-11-15(9-7-13(18)8-10-15)14(19)17(16-11)12-5-3-2-4-6-12/h2-6H,7-10H2,1H3. The summed E-state index contributed by atoms with van der Waals surface area (Å²) in [5, 5.41) is 5.92. The van der Waals surface area contributed by atoms with E-state index in [0.717, 1.165) is 11.4 Å². The van der Waals surface area contributed by atoms with Crippen LogP contribution in [0.15, 0.2) is 35.4 Å². The monoisotopic (exact) mass is 256 g/mol. The third-order valence-corrected chi connectivity index (χ3v) is 4.21. The zero-order valence-electron chi connectivity index (χ0n) is 10.9. The molecule has 3 rings (SSSR count). The number of Topliss-reactive ketones (excluding diaryl/α,β-unsaturated/α-hetero) is 1. The van der Waals surface area contributed by atoms with E-state index in [0.29, 0.717) is 25.7 Å². The maximum atomic E-state index is 12.7. The summed E-state index contributed by atoms with van der Waals surface area (Å²) < 4.78 is 0. The van der Waals surface area contributed by atoms with Crippen molar-refractivity contribution in [1.29, 1.82) is 0 Å². The average Bonchev–Trinajstić information content (AvgIpc) is 2.68. The molecule has 1 aliphatic carbocycles. The highest BCUT2D eigenvalue weighted by Crippen LogP contribution is 2.43. The Morgan fingerprint density at radius 1 is 1.11 bits per heavy atom. The molecule has 1 aliphatic heterocycles. The zero-order valence-corrected chi connectivity index (χ0v) is 10.9. The van der Waals surface area contributed by atoms with Crippen molar-refractivity contribution in [2.24, 2.45) is 10.5 Å². The maximum absolute atomic E-state index is 12.7. The molecule has 1 aromatic rings. The molecular weight excluding hydrogens is 240 g/mol. The molecule has 1 fully saturated rings. The van der Waals surface area contributed by atoms with Crippen LogP contribution in [0.25, 0.3) is 0 Å². The van der Waals surface area contributed by atoms with Crippen molar-refractivity contribution in [3.63, 3.8) is 0 Å². The van der Waals surface area contributed by atoms with Gasteiger partial charge in [-0.2, -0.15) is 10.1 Å². The quantitative estimate of drug-likeness (QED) is 0.775. The lowest BCUT2D eigenvalue weighted by Crippen LogP contribution is -2.42. The number of para-hydroxylation sites is 1. The molecule has 0 N–H and O–H groups in total. The van der Waals surface area contributed by atoms with Gasteiger partial charge in [-0.25, -0.2) is 0 Å². The van der Waals surface area contributed by atoms with E-state index in [1.54, 1.807) is 0 Å². The number of ketones is 1. The second-order valence-electron chi connectivity index (χ2n) is 5.26. The van der Waals surface area contributed by atoms with Crippen LogP contribution in [0.2, 0.25) is 0 Å². The predicted molar refractivity (Wildman–Crippen MR) is 72.9 cm³/mol. The highest BCUT2D eigenvalue weighted by molar-refractivity contribution is 6.19. The van der Waals surface area contributed by atoms with E-state index in [9.17, 15) is 9.59 Å². The number of nitrogens with zero attached hydrogens (tertiary/aromatic N) is 2. The van der Waals surface area contributed by atoms with Crippen molar-refractivity contribution in [1.82, 2.24) is 0 Å². The third kappa shape index (κ3) is 1.79. The Bertz CT molecular complexity index is 553. The predicted octanol–water partition coefficient (Wildman–Crippen LogP) is 2.54. The van der Waals surface area contributed by atoms with E-state index in [1.807, 2.05) is 37.3 Å². The summed E-state index contributed by atoms with van der Waals surface area (Å²) in [6.45, 7) is 1.90. The normalized spacial score (nSPS) is 21.9. The van der Waals surface area contributed by atoms with Gasteiger partial charge in [-0.15, -0.1) is 0 Å². The van der Waals surface area contributed by atoms with E-state index in [4.69, 9.17) is 0 Å². The van der Waals surface area contributed by atoms with Crippen molar-refractivity contribution in [3.05, 3.63) is 30.3 Å². The molecule has 0 atom stereocenters. The minimum atomic E-state index is -0.538. The van der Waals surface area contributed by atoms with Crippen molar-refractivity contribution < 1.29 is 9.59 Å². The minimum Gasteiger partial charge on any atom is -0.300 e. The number of carbonyl (C=O) groups is 2. The van der Waals surface area contributed by atoms with Gasteiger partial charge in [-0.3, -0.25) is 9.59 Å². The van der Waals surface area contributed by atoms with Crippen LogP contribution in [0.4, 0.5) is 5.69 Å². The largest absolute Gasteiger partial charge is 0.300 e. The van der Waals surface area contributed by atoms with Gasteiger partial charge in [-0.05, 0) is 31.9 Å². The number of hydrazone groups is 1. The summed E-state index contributed by atoms with van der Waals surface area (Å²) >= 11 is 0. The molecule has 1 saturated carbocycles. The summed E-state index contributed by atoms with van der Waals surface area (Å²) in [4.78, 5) is 24.1. The van der Waals surface area contributed by atoms with E-state index < -0.39 is 5.41 Å². The Balaban J connectivity index is 1.94. The molecule has 98 valence electrons. The summed E-state index contributed by atoms with van der Waals surface area (Å²) in [5.74, 6) is 0.271. The van der Waals surface area contributed by atoms with Gasteiger partial charge in [0.15, 0.2) is 0 Å². The van der Waals surface area contributed by atoms with Gasteiger partial charge in [0.2, 0.25) is 0 Å². The maximum Gasteiger partial charge on any atom is 0.259 e. The van der Waals surface area contributed by atoms with Crippen LogP contribution in [-0.4, -0.2) is 17.4 Å². The Hall–Kier alpha value is -1.97.